The monoisotopic (exact) mass is 722 g/mol. The maximum atomic E-state index is 14.2. The van der Waals surface area contributed by atoms with Gasteiger partial charge in [-0.05, 0) is 49.9 Å². The van der Waals surface area contributed by atoms with Crippen molar-refractivity contribution in [1.82, 2.24) is 9.80 Å². The molecule has 2 aliphatic heterocycles. The van der Waals surface area contributed by atoms with E-state index in [0.717, 1.165) is 25.7 Å². The molecular weight excluding hydrogens is 690 g/mol. The van der Waals surface area contributed by atoms with Crippen molar-refractivity contribution in [3.05, 3.63) is 66.6 Å². The average Bonchev–Trinajstić information content (AvgIpc) is 3.06. The normalized spacial score (nSPS) is 16.1. The van der Waals surface area contributed by atoms with E-state index in [1.54, 1.807) is 24.3 Å². The molecule has 2 heterocycles. The van der Waals surface area contributed by atoms with Gasteiger partial charge in [-0.25, -0.2) is 0 Å². The van der Waals surface area contributed by atoms with Gasteiger partial charge in [0.25, 0.3) is 23.6 Å². The zero-order chi connectivity index (χ0) is 34.3. The van der Waals surface area contributed by atoms with Gasteiger partial charge in [-0.3, -0.25) is 29.0 Å². The molecule has 0 aromatic heterocycles. The fourth-order valence-electron chi connectivity index (χ4n) is 8.07. The molecule has 48 heavy (non-hydrogen) atoms. The first kappa shape index (κ1) is 33.3. The maximum absolute atomic E-state index is 14.2. The van der Waals surface area contributed by atoms with Crippen molar-refractivity contribution in [2.45, 2.75) is 91.1 Å². The van der Waals surface area contributed by atoms with E-state index in [-0.39, 0.29) is 32.2 Å². The van der Waals surface area contributed by atoms with E-state index >= 15 is 0 Å². The molecule has 248 valence electrons. The van der Waals surface area contributed by atoms with Gasteiger partial charge >= 0.3 is 0 Å². The van der Waals surface area contributed by atoms with Crippen LogP contribution >= 0.6 is 46.4 Å². The Kier molecular flexibility index (Phi) is 8.55. The number of hydrogen-bond acceptors (Lipinski definition) is 4. The highest BCUT2D eigenvalue weighted by atomic mass is 35.5. The quantitative estimate of drug-likeness (QED) is 0.0816. The predicted molar refractivity (Wildman–Crippen MR) is 196 cm³/mol. The second kappa shape index (κ2) is 12.3. The maximum Gasteiger partial charge on any atom is 0.261 e. The van der Waals surface area contributed by atoms with Crippen LogP contribution in [0.2, 0.25) is 20.1 Å². The number of hydrogen-bond donors (Lipinski definition) is 0. The number of unbranched alkanes of at least 4 members (excludes halogenated alkanes) is 2. The molecule has 0 N–H and O–H groups in total. The third kappa shape index (κ3) is 4.52. The Morgan fingerprint density at radius 3 is 0.958 bits per heavy atom. The first-order valence-corrected chi connectivity index (χ1v) is 18.3. The molecule has 0 bridgehead atoms. The summed E-state index contributed by atoms with van der Waals surface area (Å²) in [5.41, 5.74) is 1.23. The van der Waals surface area contributed by atoms with Gasteiger partial charge < -0.3 is 0 Å². The molecule has 4 amide bonds. The molecule has 0 radical (unpaired) electrons. The molecule has 2 unspecified atom stereocenters. The summed E-state index contributed by atoms with van der Waals surface area (Å²) in [6.07, 6.45) is 6.24. The number of carbonyl (C=O) groups excluding carboxylic acids is 4. The molecule has 5 aromatic carbocycles. The third-order valence-corrected chi connectivity index (χ3v) is 11.6. The SMILES string of the molecule is CCCCC(CC)N1C(=O)c2cc(Cl)c3c4c(Cl)cc5c6c(cc(Cl)c(c7c(Cl)cc(c2c37)C1=O)c64)C(=O)N(C(CC)CCCC)C5=O. The second-order valence-electron chi connectivity index (χ2n) is 13.0. The highest BCUT2D eigenvalue weighted by Crippen LogP contribution is 2.54. The Bertz CT molecular complexity index is 1960. The van der Waals surface area contributed by atoms with Crippen LogP contribution in [0, 0.1) is 0 Å². The van der Waals surface area contributed by atoms with Crippen molar-refractivity contribution in [2.75, 3.05) is 0 Å². The van der Waals surface area contributed by atoms with Crippen molar-refractivity contribution in [2.24, 2.45) is 0 Å². The average molecular weight is 725 g/mol. The van der Waals surface area contributed by atoms with Gasteiger partial charge in [-0.15, -0.1) is 0 Å². The lowest BCUT2D eigenvalue weighted by Gasteiger charge is -2.35. The lowest BCUT2D eigenvalue weighted by Crippen LogP contribution is -2.47. The molecule has 0 fully saturated rings. The van der Waals surface area contributed by atoms with Crippen molar-refractivity contribution < 1.29 is 19.2 Å². The van der Waals surface area contributed by atoms with Crippen LogP contribution in [0.1, 0.15) is 120 Å². The minimum absolute atomic E-state index is 0.237. The predicted octanol–water partition coefficient (Wildman–Crippen LogP) is 11.5. The Morgan fingerprint density at radius 1 is 0.458 bits per heavy atom. The number of benzene rings is 5. The molecule has 6 nitrogen and oxygen atoms in total. The molecule has 5 aromatic rings. The van der Waals surface area contributed by atoms with Crippen molar-refractivity contribution >= 4 is 113 Å². The summed E-state index contributed by atoms with van der Waals surface area (Å²) >= 11 is 28.5. The minimum Gasteiger partial charge on any atom is -0.271 e. The molecule has 0 spiro atoms. The van der Waals surface area contributed by atoms with Crippen LogP contribution in [0.5, 0.6) is 0 Å². The van der Waals surface area contributed by atoms with E-state index in [9.17, 15) is 19.2 Å². The summed E-state index contributed by atoms with van der Waals surface area (Å²) < 4.78 is 0. The molecule has 10 heteroatoms. The van der Waals surface area contributed by atoms with Gasteiger partial charge in [-0.2, -0.15) is 0 Å². The van der Waals surface area contributed by atoms with Gasteiger partial charge in [-0.1, -0.05) is 99.8 Å². The van der Waals surface area contributed by atoms with Gasteiger partial charge in [0.1, 0.15) is 0 Å². The van der Waals surface area contributed by atoms with Gasteiger partial charge in [0, 0.05) is 75.3 Å². The topological polar surface area (TPSA) is 74.8 Å². The zero-order valence-corrected chi connectivity index (χ0v) is 30.2. The van der Waals surface area contributed by atoms with Crippen LogP contribution in [0.4, 0.5) is 0 Å². The van der Waals surface area contributed by atoms with Crippen LogP contribution in [0.15, 0.2) is 24.3 Å². The summed E-state index contributed by atoms with van der Waals surface area (Å²) in [4.78, 5) is 59.4. The minimum atomic E-state index is -0.407. The van der Waals surface area contributed by atoms with E-state index < -0.39 is 23.6 Å². The number of carbonyl (C=O) groups is 4. The van der Waals surface area contributed by atoms with E-state index in [4.69, 9.17) is 46.4 Å². The fraction of sp³-hybridized carbons (Fsp3) is 0.368. The van der Waals surface area contributed by atoms with Crippen LogP contribution in [-0.2, 0) is 0 Å². The summed E-state index contributed by atoms with van der Waals surface area (Å²) in [6, 6.07) is 5.86. The highest BCUT2D eigenvalue weighted by molar-refractivity contribution is 6.56. The molecule has 0 saturated carbocycles. The number of halogens is 4. The Morgan fingerprint density at radius 2 is 0.729 bits per heavy atom. The molecule has 7 rings (SSSR count). The lowest BCUT2D eigenvalue weighted by atomic mass is 9.81. The number of amides is 4. The summed E-state index contributed by atoms with van der Waals surface area (Å²) in [6.45, 7) is 8.09. The molecule has 2 aliphatic rings. The molecular formula is C38H34Cl4N2O4. The lowest BCUT2D eigenvalue weighted by molar-refractivity contribution is 0.0508. The molecule has 0 saturated heterocycles. The van der Waals surface area contributed by atoms with Gasteiger partial charge in [0.2, 0.25) is 0 Å². The zero-order valence-electron chi connectivity index (χ0n) is 27.2. The first-order chi connectivity index (χ1) is 23.0. The fourth-order valence-corrected chi connectivity index (χ4v) is 9.26. The molecule has 2 atom stereocenters. The summed E-state index contributed by atoms with van der Waals surface area (Å²) in [5.74, 6) is -1.63. The van der Waals surface area contributed by atoms with Crippen LogP contribution < -0.4 is 0 Å². The van der Waals surface area contributed by atoms with Gasteiger partial charge in [0.15, 0.2) is 0 Å². The van der Waals surface area contributed by atoms with E-state index in [0.29, 0.717) is 91.0 Å². The Hall–Kier alpha value is -3.16. The van der Waals surface area contributed by atoms with Crippen molar-refractivity contribution in [3.8, 4) is 0 Å². The Balaban J connectivity index is 1.59. The largest absolute Gasteiger partial charge is 0.271 e. The highest BCUT2D eigenvalue weighted by Gasteiger charge is 2.42. The Labute approximate surface area is 298 Å². The van der Waals surface area contributed by atoms with Crippen LogP contribution in [-0.4, -0.2) is 45.5 Å². The number of imide groups is 2. The van der Waals surface area contributed by atoms with E-state index in [2.05, 4.69) is 13.8 Å². The van der Waals surface area contributed by atoms with Gasteiger partial charge in [0.05, 0.1) is 22.3 Å². The number of fused-ring (bicyclic) bond motifs is 2. The second-order valence-corrected chi connectivity index (χ2v) is 14.6. The van der Waals surface area contributed by atoms with Crippen LogP contribution in [0.25, 0.3) is 43.1 Å². The summed E-state index contributed by atoms with van der Waals surface area (Å²) in [5, 5.41) is 4.76. The van der Waals surface area contributed by atoms with Crippen molar-refractivity contribution in [1.29, 1.82) is 0 Å². The third-order valence-electron chi connectivity index (χ3n) is 10.4. The molecule has 0 aliphatic carbocycles. The number of rotatable bonds is 10. The smallest absolute Gasteiger partial charge is 0.261 e. The standard InChI is InChI=1S/C38H34Cl4N2O4/c1-5-9-11-17(7-3)43-35(45)19-13-23(39)29-31-25(41)15-21-28-22(38(48)44(37(21)47)18(8-4)12-10-6-2)16-26(42)32(34(28)31)30-24(40)14-20(36(43)46)27(19)33(29)30/h13-18H,5-12H2,1-4H3. The van der Waals surface area contributed by atoms with Crippen molar-refractivity contribution in [3.63, 3.8) is 0 Å². The first-order valence-electron chi connectivity index (χ1n) is 16.8. The summed E-state index contributed by atoms with van der Waals surface area (Å²) in [7, 11) is 0. The number of nitrogens with zero attached hydrogens (tertiary/aromatic N) is 2. The van der Waals surface area contributed by atoms with Crippen LogP contribution in [0.3, 0.4) is 0 Å². The van der Waals surface area contributed by atoms with E-state index in [1.165, 1.54) is 9.80 Å². The van der Waals surface area contributed by atoms with E-state index in [1.807, 2.05) is 13.8 Å².